The standard InChI is InChI=1S/C28H28N2O5/c31-17-29-24-15-21(8-13-25(24)33-16-20-4-2-1-3-5-20)28(32)23-11-10-22(30-23)9-6-19-7-12-26-27(14-19)35-18-34-26/h1-5,7-8,12-15,17,22-23,30H,6,9-11,16,18H2,(H,29,31)/t22-,23-/m1/s1. The van der Waals surface area contributed by atoms with Crippen LogP contribution in [-0.4, -0.2) is 31.1 Å². The van der Waals surface area contributed by atoms with Crippen molar-refractivity contribution < 1.29 is 23.8 Å². The minimum absolute atomic E-state index is 0.0270. The fourth-order valence-corrected chi connectivity index (χ4v) is 4.61. The first-order valence-corrected chi connectivity index (χ1v) is 11.9. The first-order chi connectivity index (χ1) is 17.2. The highest BCUT2D eigenvalue weighted by atomic mass is 16.7. The minimum atomic E-state index is -0.239. The van der Waals surface area contributed by atoms with Gasteiger partial charge in [0.2, 0.25) is 13.2 Å². The molecule has 7 nitrogen and oxygen atoms in total. The molecule has 0 unspecified atom stereocenters. The van der Waals surface area contributed by atoms with E-state index in [1.54, 1.807) is 18.2 Å². The van der Waals surface area contributed by atoms with Crippen molar-refractivity contribution in [1.29, 1.82) is 0 Å². The molecule has 1 fully saturated rings. The number of Topliss-reactive ketones (excluding diaryl/α,β-unsaturated/α-hetero) is 1. The number of anilines is 1. The molecule has 3 aromatic rings. The lowest BCUT2D eigenvalue weighted by atomic mass is 10.0. The topological polar surface area (TPSA) is 85.9 Å². The summed E-state index contributed by atoms with van der Waals surface area (Å²) < 4.78 is 16.7. The van der Waals surface area contributed by atoms with Crippen molar-refractivity contribution in [2.45, 2.75) is 44.4 Å². The van der Waals surface area contributed by atoms with Crippen LogP contribution in [0.25, 0.3) is 0 Å². The van der Waals surface area contributed by atoms with Crippen LogP contribution >= 0.6 is 0 Å². The zero-order chi connectivity index (χ0) is 24.0. The van der Waals surface area contributed by atoms with E-state index in [9.17, 15) is 9.59 Å². The number of benzene rings is 3. The third kappa shape index (κ3) is 5.46. The number of nitrogens with one attached hydrogen (secondary N) is 2. The van der Waals surface area contributed by atoms with Crippen molar-refractivity contribution in [2.75, 3.05) is 12.1 Å². The average molecular weight is 473 g/mol. The van der Waals surface area contributed by atoms with E-state index in [1.807, 2.05) is 42.5 Å². The maximum absolute atomic E-state index is 13.2. The molecule has 0 bridgehead atoms. The van der Waals surface area contributed by atoms with Gasteiger partial charge in [0.1, 0.15) is 12.4 Å². The predicted octanol–water partition coefficient (Wildman–Crippen LogP) is 4.50. The quantitative estimate of drug-likeness (QED) is 0.334. The van der Waals surface area contributed by atoms with Gasteiger partial charge < -0.3 is 24.8 Å². The van der Waals surface area contributed by atoms with Crippen LogP contribution in [0.5, 0.6) is 17.2 Å². The van der Waals surface area contributed by atoms with Gasteiger partial charge in [-0.25, -0.2) is 0 Å². The lowest BCUT2D eigenvalue weighted by Gasteiger charge is -2.16. The highest BCUT2D eigenvalue weighted by molar-refractivity contribution is 6.01. The van der Waals surface area contributed by atoms with Gasteiger partial charge in [-0.3, -0.25) is 9.59 Å². The third-order valence-electron chi connectivity index (χ3n) is 6.49. The molecule has 1 amide bonds. The number of amides is 1. The van der Waals surface area contributed by atoms with Crippen molar-refractivity contribution in [3.05, 3.63) is 83.4 Å². The molecule has 0 saturated carbocycles. The first-order valence-electron chi connectivity index (χ1n) is 11.9. The van der Waals surface area contributed by atoms with Gasteiger partial charge in [-0.05, 0) is 67.1 Å². The fourth-order valence-electron chi connectivity index (χ4n) is 4.61. The Balaban J connectivity index is 1.18. The summed E-state index contributed by atoms with van der Waals surface area (Å²) >= 11 is 0. The van der Waals surface area contributed by atoms with E-state index in [0.717, 1.165) is 42.7 Å². The van der Waals surface area contributed by atoms with Crippen LogP contribution in [0.2, 0.25) is 0 Å². The molecule has 0 aliphatic carbocycles. The number of ketones is 1. The number of rotatable bonds is 10. The number of fused-ring (bicyclic) bond motifs is 1. The Morgan fingerprint density at radius 1 is 1.00 bits per heavy atom. The third-order valence-corrected chi connectivity index (χ3v) is 6.49. The average Bonchev–Trinajstić information content (AvgIpc) is 3.56. The van der Waals surface area contributed by atoms with Crippen LogP contribution in [0.4, 0.5) is 5.69 Å². The molecule has 1 saturated heterocycles. The number of hydrogen-bond acceptors (Lipinski definition) is 6. The molecule has 0 radical (unpaired) electrons. The summed E-state index contributed by atoms with van der Waals surface area (Å²) in [7, 11) is 0. The van der Waals surface area contributed by atoms with E-state index in [0.29, 0.717) is 30.0 Å². The van der Waals surface area contributed by atoms with E-state index < -0.39 is 0 Å². The number of carbonyl (C=O) groups excluding carboxylic acids is 2. The molecular formula is C28H28N2O5. The molecule has 7 heteroatoms. The second-order valence-electron chi connectivity index (χ2n) is 8.83. The molecule has 2 heterocycles. The van der Waals surface area contributed by atoms with E-state index >= 15 is 0 Å². The van der Waals surface area contributed by atoms with E-state index in [4.69, 9.17) is 14.2 Å². The summed E-state index contributed by atoms with van der Waals surface area (Å²) in [6.07, 6.45) is 4.16. The molecule has 35 heavy (non-hydrogen) atoms. The maximum Gasteiger partial charge on any atom is 0.231 e. The van der Waals surface area contributed by atoms with Crippen LogP contribution in [0, 0.1) is 0 Å². The molecule has 5 rings (SSSR count). The Labute approximate surface area is 204 Å². The summed E-state index contributed by atoms with van der Waals surface area (Å²) in [6, 6.07) is 21.1. The minimum Gasteiger partial charge on any atom is -0.487 e. The van der Waals surface area contributed by atoms with Crippen molar-refractivity contribution in [2.24, 2.45) is 0 Å². The Bertz CT molecular complexity index is 1200. The van der Waals surface area contributed by atoms with Gasteiger partial charge >= 0.3 is 0 Å². The smallest absolute Gasteiger partial charge is 0.231 e. The summed E-state index contributed by atoms with van der Waals surface area (Å²) in [5.74, 6) is 2.14. The number of hydrogen-bond donors (Lipinski definition) is 2. The Kier molecular flexibility index (Phi) is 6.95. The number of aryl methyl sites for hydroxylation is 1. The molecule has 2 atom stereocenters. The van der Waals surface area contributed by atoms with E-state index in [2.05, 4.69) is 16.7 Å². The zero-order valence-electron chi connectivity index (χ0n) is 19.4. The SMILES string of the molecule is O=CNc1cc(C(=O)[C@H]2CC[C@@H](CCc3ccc4c(c3)OCO4)N2)ccc1OCc1ccccc1. The molecular weight excluding hydrogens is 444 g/mol. The second-order valence-corrected chi connectivity index (χ2v) is 8.83. The number of ether oxygens (including phenoxy) is 3. The Morgan fingerprint density at radius 2 is 1.86 bits per heavy atom. The van der Waals surface area contributed by atoms with E-state index in [1.165, 1.54) is 5.56 Å². The van der Waals surface area contributed by atoms with Gasteiger partial charge in [0.15, 0.2) is 17.3 Å². The fraction of sp³-hybridized carbons (Fsp3) is 0.286. The van der Waals surface area contributed by atoms with Crippen molar-refractivity contribution in [3.63, 3.8) is 0 Å². The molecule has 2 aliphatic rings. The van der Waals surface area contributed by atoms with Gasteiger partial charge in [-0.1, -0.05) is 36.4 Å². The Morgan fingerprint density at radius 3 is 2.71 bits per heavy atom. The van der Waals surface area contributed by atoms with Crippen LogP contribution in [-0.2, 0) is 17.8 Å². The van der Waals surface area contributed by atoms with Crippen molar-refractivity contribution in [3.8, 4) is 17.2 Å². The van der Waals surface area contributed by atoms with Crippen molar-refractivity contribution >= 4 is 17.9 Å². The van der Waals surface area contributed by atoms with Crippen molar-refractivity contribution in [1.82, 2.24) is 5.32 Å². The largest absolute Gasteiger partial charge is 0.487 e. The number of carbonyl (C=O) groups is 2. The monoisotopic (exact) mass is 472 g/mol. The van der Waals surface area contributed by atoms with Crippen LogP contribution in [0.15, 0.2) is 66.7 Å². The Hall–Kier alpha value is -3.84. The summed E-state index contributed by atoms with van der Waals surface area (Å²) in [5.41, 5.74) is 3.25. The highest BCUT2D eigenvalue weighted by Gasteiger charge is 2.30. The maximum atomic E-state index is 13.2. The summed E-state index contributed by atoms with van der Waals surface area (Å²) in [5, 5.41) is 6.16. The van der Waals surface area contributed by atoms with E-state index in [-0.39, 0.29) is 24.7 Å². The molecule has 3 aromatic carbocycles. The molecule has 0 spiro atoms. The molecule has 180 valence electrons. The van der Waals surface area contributed by atoms with Gasteiger partial charge in [0, 0.05) is 11.6 Å². The van der Waals surface area contributed by atoms with Gasteiger partial charge in [0.25, 0.3) is 0 Å². The van der Waals surface area contributed by atoms with Crippen LogP contribution in [0.3, 0.4) is 0 Å². The zero-order valence-corrected chi connectivity index (χ0v) is 19.4. The summed E-state index contributed by atoms with van der Waals surface area (Å²) in [4.78, 5) is 24.3. The van der Waals surface area contributed by atoms with Gasteiger partial charge in [-0.15, -0.1) is 0 Å². The van der Waals surface area contributed by atoms with Crippen LogP contribution in [0.1, 0.15) is 40.7 Å². The summed E-state index contributed by atoms with van der Waals surface area (Å²) in [6.45, 7) is 0.647. The van der Waals surface area contributed by atoms with Gasteiger partial charge in [-0.2, -0.15) is 0 Å². The second kappa shape index (κ2) is 10.6. The molecule has 0 aromatic heterocycles. The lowest BCUT2D eigenvalue weighted by Crippen LogP contribution is -2.35. The molecule has 2 aliphatic heterocycles. The van der Waals surface area contributed by atoms with Crippen LogP contribution < -0.4 is 24.8 Å². The predicted molar refractivity (Wildman–Crippen MR) is 132 cm³/mol. The first kappa shape index (κ1) is 22.9. The molecule has 2 N–H and O–H groups in total. The normalized spacial score (nSPS) is 18.3. The lowest BCUT2D eigenvalue weighted by molar-refractivity contribution is -0.105. The van der Waals surface area contributed by atoms with Gasteiger partial charge in [0.05, 0.1) is 11.7 Å². The highest BCUT2D eigenvalue weighted by Crippen LogP contribution is 2.33.